The molecule has 0 aliphatic rings. The molecule has 1 unspecified atom stereocenters. The number of halogens is 1. The summed E-state index contributed by atoms with van der Waals surface area (Å²) in [5.74, 6) is 0.845. The summed E-state index contributed by atoms with van der Waals surface area (Å²) in [6.07, 6.45) is 0. The number of furan rings is 1. The van der Waals surface area contributed by atoms with Crippen LogP contribution in [0.3, 0.4) is 0 Å². The summed E-state index contributed by atoms with van der Waals surface area (Å²) in [5.41, 5.74) is 0.830. The minimum absolute atomic E-state index is 0.0167. The predicted octanol–water partition coefficient (Wildman–Crippen LogP) is 3.01. The molecule has 104 valence electrons. The molecular formula is C14H18ClNO3. The maximum Gasteiger partial charge on any atom is 0.134 e. The fourth-order valence-electron chi connectivity index (χ4n) is 1.86. The number of nitrogens with one attached hydrogen (secondary N) is 1. The smallest absolute Gasteiger partial charge is 0.134 e. The standard InChI is InChI=1S/C14H18ClNO3/c1-16-12(9-18-6-5-17-2)14-8-10-7-11(15)3-4-13(10)19-14/h3-4,7-8,12,16H,5-6,9H2,1-2H3. The van der Waals surface area contributed by atoms with Crippen LogP contribution in [0.2, 0.25) is 5.02 Å². The fourth-order valence-corrected chi connectivity index (χ4v) is 2.04. The molecule has 0 saturated heterocycles. The lowest BCUT2D eigenvalue weighted by Crippen LogP contribution is -2.22. The molecule has 2 aromatic rings. The van der Waals surface area contributed by atoms with Crippen LogP contribution in [-0.4, -0.2) is 34.0 Å². The Bertz CT molecular complexity index is 526. The lowest BCUT2D eigenvalue weighted by atomic mass is 10.2. The molecule has 1 heterocycles. The van der Waals surface area contributed by atoms with E-state index in [-0.39, 0.29) is 6.04 Å². The number of fused-ring (bicyclic) bond motifs is 1. The second-order valence-electron chi connectivity index (χ2n) is 4.24. The fraction of sp³-hybridized carbons (Fsp3) is 0.429. The maximum absolute atomic E-state index is 5.96. The SMILES string of the molecule is CNC(COCCOC)c1cc2cc(Cl)ccc2o1. The quantitative estimate of drug-likeness (QED) is 0.793. The van der Waals surface area contributed by atoms with Crippen LogP contribution < -0.4 is 5.32 Å². The molecule has 0 amide bonds. The molecule has 1 N–H and O–H groups in total. The van der Waals surface area contributed by atoms with E-state index >= 15 is 0 Å². The summed E-state index contributed by atoms with van der Waals surface area (Å²) < 4.78 is 16.3. The minimum Gasteiger partial charge on any atom is -0.459 e. The van der Waals surface area contributed by atoms with Gasteiger partial charge in [-0.3, -0.25) is 0 Å². The van der Waals surface area contributed by atoms with Crippen LogP contribution in [0.25, 0.3) is 11.0 Å². The third-order valence-corrected chi connectivity index (χ3v) is 3.14. The lowest BCUT2D eigenvalue weighted by molar-refractivity contribution is 0.0569. The van der Waals surface area contributed by atoms with E-state index in [0.717, 1.165) is 16.7 Å². The Morgan fingerprint density at radius 1 is 1.32 bits per heavy atom. The van der Waals surface area contributed by atoms with E-state index in [4.69, 9.17) is 25.5 Å². The van der Waals surface area contributed by atoms with Gasteiger partial charge in [-0.15, -0.1) is 0 Å². The summed E-state index contributed by atoms with van der Waals surface area (Å²) in [6, 6.07) is 7.59. The number of likely N-dealkylation sites (N-methyl/N-ethyl adjacent to an activating group) is 1. The number of hydrogen-bond acceptors (Lipinski definition) is 4. The molecule has 0 radical (unpaired) electrons. The summed E-state index contributed by atoms with van der Waals surface area (Å²) >= 11 is 5.96. The van der Waals surface area contributed by atoms with Gasteiger partial charge in [0.1, 0.15) is 11.3 Å². The van der Waals surface area contributed by atoms with E-state index in [1.165, 1.54) is 0 Å². The molecule has 0 aliphatic heterocycles. The van der Waals surface area contributed by atoms with Gasteiger partial charge in [-0.25, -0.2) is 0 Å². The number of methoxy groups -OCH3 is 1. The van der Waals surface area contributed by atoms with Gasteiger partial charge < -0.3 is 19.2 Å². The zero-order valence-corrected chi connectivity index (χ0v) is 11.9. The van der Waals surface area contributed by atoms with Crippen molar-refractivity contribution in [2.24, 2.45) is 0 Å². The van der Waals surface area contributed by atoms with Crippen LogP contribution >= 0.6 is 11.6 Å². The van der Waals surface area contributed by atoms with Crippen molar-refractivity contribution in [1.29, 1.82) is 0 Å². The Kier molecular flexibility index (Phi) is 5.22. The van der Waals surface area contributed by atoms with E-state index in [1.807, 2.05) is 31.3 Å². The van der Waals surface area contributed by atoms with Gasteiger partial charge in [-0.1, -0.05) is 11.6 Å². The van der Waals surface area contributed by atoms with Crippen LogP contribution in [0.1, 0.15) is 11.8 Å². The number of rotatable bonds is 7. The molecule has 1 atom stereocenters. The van der Waals surface area contributed by atoms with Gasteiger partial charge in [0.05, 0.1) is 25.9 Å². The highest BCUT2D eigenvalue weighted by atomic mass is 35.5. The molecular weight excluding hydrogens is 266 g/mol. The van der Waals surface area contributed by atoms with Crippen molar-refractivity contribution < 1.29 is 13.9 Å². The van der Waals surface area contributed by atoms with E-state index in [9.17, 15) is 0 Å². The lowest BCUT2D eigenvalue weighted by Gasteiger charge is -2.13. The average Bonchev–Trinajstić information content (AvgIpc) is 2.81. The number of benzene rings is 1. The van der Waals surface area contributed by atoms with Crippen molar-refractivity contribution >= 4 is 22.6 Å². The Labute approximate surface area is 117 Å². The van der Waals surface area contributed by atoms with Crippen LogP contribution in [0.15, 0.2) is 28.7 Å². The molecule has 0 spiro atoms. The van der Waals surface area contributed by atoms with Crippen molar-refractivity contribution in [3.8, 4) is 0 Å². The van der Waals surface area contributed by atoms with Gasteiger partial charge in [0.25, 0.3) is 0 Å². The van der Waals surface area contributed by atoms with E-state index < -0.39 is 0 Å². The molecule has 1 aromatic heterocycles. The molecule has 5 heteroatoms. The first-order chi connectivity index (χ1) is 9.24. The highest BCUT2D eigenvalue weighted by Gasteiger charge is 2.15. The first-order valence-electron chi connectivity index (χ1n) is 6.17. The average molecular weight is 284 g/mol. The Morgan fingerprint density at radius 2 is 2.16 bits per heavy atom. The zero-order valence-electron chi connectivity index (χ0n) is 11.1. The third-order valence-electron chi connectivity index (χ3n) is 2.91. The van der Waals surface area contributed by atoms with E-state index in [2.05, 4.69) is 5.32 Å². The first kappa shape index (κ1) is 14.3. The molecule has 0 saturated carbocycles. The van der Waals surface area contributed by atoms with Crippen LogP contribution in [-0.2, 0) is 9.47 Å². The second-order valence-corrected chi connectivity index (χ2v) is 4.68. The van der Waals surface area contributed by atoms with Crippen LogP contribution in [0.5, 0.6) is 0 Å². The Morgan fingerprint density at radius 3 is 2.89 bits per heavy atom. The predicted molar refractivity (Wildman–Crippen MR) is 75.7 cm³/mol. The number of ether oxygens (including phenoxy) is 2. The summed E-state index contributed by atoms with van der Waals surface area (Å²) in [5, 5.41) is 4.88. The van der Waals surface area contributed by atoms with Crippen molar-refractivity contribution in [1.82, 2.24) is 5.32 Å². The van der Waals surface area contributed by atoms with Crippen molar-refractivity contribution in [2.45, 2.75) is 6.04 Å². The molecule has 1 aromatic carbocycles. The van der Waals surface area contributed by atoms with Gasteiger partial charge in [-0.05, 0) is 31.3 Å². The van der Waals surface area contributed by atoms with E-state index in [0.29, 0.717) is 24.8 Å². The molecule has 4 nitrogen and oxygen atoms in total. The summed E-state index contributed by atoms with van der Waals surface area (Å²) in [4.78, 5) is 0. The molecule has 0 bridgehead atoms. The molecule has 2 rings (SSSR count). The second kappa shape index (κ2) is 6.91. The monoisotopic (exact) mass is 283 g/mol. The van der Waals surface area contributed by atoms with Gasteiger partial charge in [0.2, 0.25) is 0 Å². The van der Waals surface area contributed by atoms with Gasteiger partial charge >= 0.3 is 0 Å². The Balaban J connectivity index is 2.07. The van der Waals surface area contributed by atoms with Gasteiger partial charge in [0, 0.05) is 17.5 Å². The highest BCUT2D eigenvalue weighted by molar-refractivity contribution is 6.31. The third kappa shape index (κ3) is 3.70. The van der Waals surface area contributed by atoms with Gasteiger partial charge in [-0.2, -0.15) is 0 Å². The summed E-state index contributed by atoms with van der Waals surface area (Å²) in [7, 11) is 3.53. The molecule has 0 aliphatic carbocycles. The maximum atomic E-state index is 5.96. The molecule has 0 fully saturated rings. The topological polar surface area (TPSA) is 43.6 Å². The molecule has 19 heavy (non-hydrogen) atoms. The first-order valence-corrected chi connectivity index (χ1v) is 6.55. The van der Waals surface area contributed by atoms with Gasteiger partial charge in [0.15, 0.2) is 0 Å². The van der Waals surface area contributed by atoms with Crippen LogP contribution in [0, 0.1) is 0 Å². The van der Waals surface area contributed by atoms with Crippen molar-refractivity contribution in [3.63, 3.8) is 0 Å². The van der Waals surface area contributed by atoms with Crippen molar-refractivity contribution in [2.75, 3.05) is 34.0 Å². The highest BCUT2D eigenvalue weighted by Crippen LogP contribution is 2.26. The normalized spacial score (nSPS) is 13.0. The minimum atomic E-state index is 0.0167. The summed E-state index contributed by atoms with van der Waals surface area (Å²) in [6.45, 7) is 1.69. The van der Waals surface area contributed by atoms with Crippen molar-refractivity contribution in [3.05, 3.63) is 35.0 Å². The van der Waals surface area contributed by atoms with E-state index in [1.54, 1.807) is 7.11 Å². The Hall–Kier alpha value is -1.07. The van der Waals surface area contributed by atoms with Crippen LogP contribution in [0.4, 0.5) is 0 Å². The largest absolute Gasteiger partial charge is 0.459 e. The number of hydrogen-bond donors (Lipinski definition) is 1. The zero-order chi connectivity index (χ0) is 13.7.